The van der Waals surface area contributed by atoms with Gasteiger partial charge in [0.1, 0.15) is 6.10 Å². The fraction of sp³-hybridized carbons (Fsp3) is 0.889. The maximum absolute atomic E-state index is 11.2. The fourth-order valence-corrected chi connectivity index (χ4v) is 2.28. The molecule has 3 rings (SSSR count). The summed E-state index contributed by atoms with van der Waals surface area (Å²) in [5.74, 6) is -0.142. The summed E-state index contributed by atoms with van der Waals surface area (Å²) < 4.78 is 5.09. The van der Waals surface area contributed by atoms with Crippen LogP contribution >= 0.6 is 0 Å². The topological polar surface area (TPSA) is 46.5 Å². The summed E-state index contributed by atoms with van der Waals surface area (Å²) in [4.78, 5) is 11.2. The standard InChI is InChI=1S/C9H14O3/c1-9-3-2-7(6(10)4-9)12-8(11)5-9/h6-7,10H,2-5H2,1H3. The minimum Gasteiger partial charge on any atom is -0.460 e. The van der Waals surface area contributed by atoms with E-state index in [9.17, 15) is 9.90 Å². The summed E-state index contributed by atoms with van der Waals surface area (Å²) in [6.07, 6.45) is 2.34. The van der Waals surface area contributed by atoms with Gasteiger partial charge in [0, 0.05) is 0 Å². The van der Waals surface area contributed by atoms with Gasteiger partial charge < -0.3 is 9.84 Å². The molecule has 3 heteroatoms. The van der Waals surface area contributed by atoms with Gasteiger partial charge in [-0.3, -0.25) is 4.79 Å². The van der Waals surface area contributed by atoms with Crippen LogP contribution in [0.2, 0.25) is 0 Å². The summed E-state index contributed by atoms with van der Waals surface area (Å²) in [6, 6.07) is 0. The molecule has 2 heterocycles. The van der Waals surface area contributed by atoms with Crippen molar-refractivity contribution >= 4 is 5.97 Å². The molecule has 1 saturated carbocycles. The number of aliphatic hydroxyl groups is 1. The second-order valence-electron chi connectivity index (χ2n) is 4.33. The van der Waals surface area contributed by atoms with Gasteiger partial charge >= 0.3 is 5.97 Å². The first-order valence-corrected chi connectivity index (χ1v) is 4.47. The second-order valence-corrected chi connectivity index (χ2v) is 4.33. The number of ether oxygens (including phenoxy) is 1. The summed E-state index contributed by atoms with van der Waals surface area (Å²) >= 11 is 0. The Morgan fingerprint density at radius 3 is 3.08 bits per heavy atom. The molecular weight excluding hydrogens is 156 g/mol. The molecule has 0 aromatic carbocycles. The highest BCUT2D eigenvalue weighted by atomic mass is 16.6. The van der Waals surface area contributed by atoms with Crippen molar-refractivity contribution in [3.63, 3.8) is 0 Å². The molecule has 1 N–H and O–H groups in total. The SMILES string of the molecule is CC12CCC(OC(=O)C1)C(O)C2. The van der Waals surface area contributed by atoms with Crippen molar-refractivity contribution in [2.24, 2.45) is 5.41 Å². The number of fused-ring (bicyclic) bond motifs is 4. The van der Waals surface area contributed by atoms with Gasteiger partial charge in [-0.1, -0.05) is 6.92 Å². The van der Waals surface area contributed by atoms with Crippen molar-refractivity contribution in [1.29, 1.82) is 0 Å². The van der Waals surface area contributed by atoms with Crippen LogP contribution in [0.3, 0.4) is 0 Å². The van der Waals surface area contributed by atoms with Crippen molar-refractivity contribution in [2.75, 3.05) is 0 Å². The third-order valence-corrected chi connectivity index (χ3v) is 3.02. The smallest absolute Gasteiger partial charge is 0.306 e. The first kappa shape index (κ1) is 8.05. The fourth-order valence-electron chi connectivity index (χ4n) is 2.28. The van der Waals surface area contributed by atoms with Gasteiger partial charge in [-0.25, -0.2) is 0 Å². The molecule has 2 aliphatic heterocycles. The normalized spacial score (nSPS) is 47.0. The summed E-state index contributed by atoms with van der Waals surface area (Å²) in [5.41, 5.74) is -0.0104. The monoisotopic (exact) mass is 170 g/mol. The Balaban J connectivity index is 2.25. The highest BCUT2D eigenvalue weighted by Gasteiger charge is 2.43. The molecule has 0 aromatic heterocycles. The van der Waals surface area contributed by atoms with Crippen LogP contribution < -0.4 is 0 Å². The van der Waals surface area contributed by atoms with Crippen molar-refractivity contribution in [3.05, 3.63) is 0 Å². The van der Waals surface area contributed by atoms with Crippen LogP contribution in [0.25, 0.3) is 0 Å². The van der Waals surface area contributed by atoms with E-state index in [0.717, 1.165) is 12.8 Å². The Kier molecular flexibility index (Phi) is 1.65. The van der Waals surface area contributed by atoms with E-state index in [0.29, 0.717) is 12.8 Å². The van der Waals surface area contributed by atoms with Crippen molar-refractivity contribution < 1.29 is 14.6 Å². The molecule has 1 aliphatic carbocycles. The predicted octanol–water partition coefficient (Wildman–Crippen LogP) is 0.853. The molecular formula is C9H14O3. The van der Waals surface area contributed by atoms with E-state index in [2.05, 4.69) is 6.92 Å². The lowest BCUT2D eigenvalue weighted by molar-refractivity contribution is -0.151. The molecule has 3 nitrogen and oxygen atoms in total. The average Bonchev–Trinajstić information content (AvgIpc) is 2.12. The summed E-state index contributed by atoms with van der Waals surface area (Å²) in [6.45, 7) is 2.05. The van der Waals surface area contributed by atoms with Crippen molar-refractivity contribution in [1.82, 2.24) is 0 Å². The number of hydrogen-bond donors (Lipinski definition) is 1. The van der Waals surface area contributed by atoms with Crippen LogP contribution in [-0.2, 0) is 9.53 Å². The number of hydrogen-bond acceptors (Lipinski definition) is 3. The number of aliphatic hydroxyl groups excluding tert-OH is 1. The van der Waals surface area contributed by atoms with E-state index in [4.69, 9.17) is 4.74 Å². The lowest BCUT2D eigenvalue weighted by Gasteiger charge is -2.34. The molecule has 2 saturated heterocycles. The molecule has 0 amide bonds. The first-order valence-electron chi connectivity index (χ1n) is 4.47. The zero-order chi connectivity index (χ0) is 8.77. The zero-order valence-electron chi connectivity index (χ0n) is 7.25. The molecule has 0 spiro atoms. The van der Waals surface area contributed by atoms with Crippen molar-refractivity contribution in [3.8, 4) is 0 Å². The average molecular weight is 170 g/mol. The maximum atomic E-state index is 11.2. The largest absolute Gasteiger partial charge is 0.460 e. The van der Waals surface area contributed by atoms with Gasteiger partial charge in [-0.2, -0.15) is 0 Å². The Morgan fingerprint density at radius 1 is 1.67 bits per heavy atom. The predicted molar refractivity (Wildman–Crippen MR) is 42.5 cm³/mol. The molecule has 3 atom stereocenters. The van der Waals surface area contributed by atoms with E-state index >= 15 is 0 Å². The van der Waals surface area contributed by atoms with Crippen LogP contribution in [0.5, 0.6) is 0 Å². The number of rotatable bonds is 0. The molecule has 0 aromatic rings. The highest BCUT2D eigenvalue weighted by Crippen LogP contribution is 2.43. The second kappa shape index (κ2) is 2.46. The van der Waals surface area contributed by atoms with E-state index in [1.165, 1.54) is 0 Å². The van der Waals surface area contributed by atoms with E-state index in [-0.39, 0.29) is 17.5 Å². The number of carbonyl (C=O) groups is 1. The molecule has 3 aliphatic rings. The van der Waals surface area contributed by atoms with Crippen LogP contribution in [0, 0.1) is 5.41 Å². The zero-order valence-corrected chi connectivity index (χ0v) is 7.25. The van der Waals surface area contributed by atoms with Crippen LogP contribution in [0.1, 0.15) is 32.6 Å². The number of esters is 1. The van der Waals surface area contributed by atoms with E-state index in [1.807, 2.05) is 0 Å². The third kappa shape index (κ3) is 1.22. The van der Waals surface area contributed by atoms with Crippen LogP contribution in [0.4, 0.5) is 0 Å². The Labute approximate surface area is 71.7 Å². The Hall–Kier alpha value is -0.570. The molecule has 0 radical (unpaired) electrons. The highest BCUT2D eigenvalue weighted by molar-refractivity contribution is 5.71. The first-order chi connectivity index (χ1) is 5.59. The summed E-state index contributed by atoms with van der Waals surface area (Å²) in [7, 11) is 0. The molecule has 3 fully saturated rings. The Morgan fingerprint density at radius 2 is 2.42 bits per heavy atom. The van der Waals surface area contributed by atoms with E-state index < -0.39 is 6.10 Å². The minimum atomic E-state index is -0.435. The van der Waals surface area contributed by atoms with Crippen molar-refractivity contribution in [2.45, 2.75) is 44.8 Å². The lowest BCUT2D eigenvalue weighted by atomic mass is 9.72. The lowest BCUT2D eigenvalue weighted by Crippen LogP contribution is -2.36. The van der Waals surface area contributed by atoms with Crippen LogP contribution in [0.15, 0.2) is 0 Å². The van der Waals surface area contributed by atoms with E-state index in [1.54, 1.807) is 0 Å². The molecule has 3 unspecified atom stereocenters. The van der Waals surface area contributed by atoms with Crippen LogP contribution in [-0.4, -0.2) is 23.3 Å². The Bertz CT molecular complexity index is 214. The minimum absolute atomic E-state index is 0.0104. The van der Waals surface area contributed by atoms with Gasteiger partial charge in [-0.05, 0) is 24.7 Å². The van der Waals surface area contributed by atoms with Gasteiger partial charge in [0.2, 0.25) is 0 Å². The third-order valence-electron chi connectivity index (χ3n) is 3.02. The van der Waals surface area contributed by atoms with Gasteiger partial charge in [0.05, 0.1) is 12.5 Å². The van der Waals surface area contributed by atoms with Gasteiger partial charge in [-0.15, -0.1) is 0 Å². The van der Waals surface area contributed by atoms with Gasteiger partial charge in [0.15, 0.2) is 0 Å². The molecule has 68 valence electrons. The molecule has 2 bridgehead atoms. The summed E-state index contributed by atoms with van der Waals surface area (Å²) in [5, 5.41) is 9.59. The van der Waals surface area contributed by atoms with Gasteiger partial charge in [0.25, 0.3) is 0 Å². The molecule has 12 heavy (non-hydrogen) atoms. The maximum Gasteiger partial charge on any atom is 0.306 e. The number of carbonyl (C=O) groups excluding carboxylic acids is 1. The quantitative estimate of drug-likeness (QED) is 0.548.